The first-order valence-electron chi connectivity index (χ1n) is 5.83. The molecule has 7 heteroatoms. The van der Waals surface area contributed by atoms with E-state index in [1.807, 2.05) is 13.8 Å². The van der Waals surface area contributed by atoms with Gasteiger partial charge in [-0.3, -0.25) is 10.1 Å². The first-order valence-corrected chi connectivity index (χ1v) is 6.99. The van der Waals surface area contributed by atoms with Crippen LogP contribution in [0.25, 0.3) is 0 Å². The number of furan rings is 1. The molecule has 0 saturated heterocycles. The first kappa shape index (κ1) is 15.6. The van der Waals surface area contributed by atoms with E-state index in [1.54, 1.807) is 12.1 Å². The quantitative estimate of drug-likeness (QED) is 0.726. The summed E-state index contributed by atoms with van der Waals surface area (Å²) >= 11 is 1.39. The van der Waals surface area contributed by atoms with Gasteiger partial charge in [-0.05, 0) is 26.0 Å². The van der Waals surface area contributed by atoms with E-state index in [1.165, 1.54) is 18.0 Å². The fraction of sp³-hybridized carbons (Fsp3) is 0.500. The van der Waals surface area contributed by atoms with E-state index in [0.29, 0.717) is 11.5 Å². The standard InChI is InChI=1S/C12H19N3O3S/c1-12(2,13)8-19-7-10(16)15-11(17)14-6-9-4-3-5-18-9/h3-5H,6-8,13H2,1-2H3,(H2,14,15,16,17). The molecule has 0 unspecified atom stereocenters. The molecule has 0 aliphatic heterocycles. The molecule has 4 N–H and O–H groups in total. The third-order valence-electron chi connectivity index (χ3n) is 1.96. The van der Waals surface area contributed by atoms with Crippen molar-refractivity contribution in [1.82, 2.24) is 10.6 Å². The summed E-state index contributed by atoms with van der Waals surface area (Å²) in [5.74, 6) is 1.14. The van der Waals surface area contributed by atoms with Gasteiger partial charge in [0.1, 0.15) is 5.76 Å². The van der Waals surface area contributed by atoms with Crippen LogP contribution >= 0.6 is 11.8 Å². The lowest BCUT2D eigenvalue weighted by molar-refractivity contribution is -0.117. The molecular weight excluding hydrogens is 266 g/mol. The van der Waals surface area contributed by atoms with Crippen molar-refractivity contribution in [3.05, 3.63) is 24.2 Å². The predicted octanol–water partition coefficient (Wildman–Crippen LogP) is 1.08. The number of carbonyl (C=O) groups is 2. The van der Waals surface area contributed by atoms with Gasteiger partial charge in [-0.15, -0.1) is 0 Å². The third kappa shape index (κ3) is 7.53. The molecule has 1 aromatic heterocycles. The number of urea groups is 1. The molecular formula is C12H19N3O3S. The molecule has 0 aromatic carbocycles. The zero-order valence-corrected chi connectivity index (χ0v) is 11.9. The van der Waals surface area contributed by atoms with Gasteiger partial charge < -0.3 is 15.5 Å². The Morgan fingerprint density at radius 1 is 1.47 bits per heavy atom. The van der Waals surface area contributed by atoms with Gasteiger partial charge in [0, 0.05) is 11.3 Å². The molecule has 3 amide bonds. The summed E-state index contributed by atoms with van der Waals surface area (Å²) in [6.07, 6.45) is 1.52. The molecule has 0 bridgehead atoms. The van der Waals surface area contributed by atoms with Gasteiger partial charge in [-0.25, -0.2) is 4.79 Å². The highest BCUT2D eigenvalue weighted by Gasteiger charge is 2.13. The zero-order valence-electron chi connectivity index (χ0n) is 11.1. The van der Waals surface area contributed by atoms with Crippen molar-refractivity contribution in [3.8, 4) is 0 Å². The molecule has 0 aliphatic rings. The second kappa shape index (κ2) is 7.20. The lowest BCUT2D eigenvalue weighted by atomic mass is 10.1. The summed E-state index contributed by atoms with van der Waals surface area (Å²) in [6, 6.07) is 2.93. The topological polar surface area (TPSA) is 97.4 Å². The molecule has 1 heterocycles. The number of nitrogens with two attached hydrogens (primary N) is 1. The van der Waals surface area contributed by atoms with Gasteiger partial charge in [0.15, 0.2) is 0 Å². The van der Waals surface area contributed by atoms with Gasteiger partial charge in [0.2, 0.25) is 5.91 Å². The zero-order chi connectivity index (χ0) is 14.3. The Kier molecular flexibility index (Phi) is 5.91. The van der Waals surface area contributed by atoms with E-state index >= 15 is 0 Å². The van der Waals surface area contributed by atoms with Crippen LogP contribution in [0.3, 0.4) is 0 Å². The molecule has 1 aromatic rings. The van der Waals surface area contributed by atoms with Crippen LogP contribution in [-0.4, -0.2) is 29.0 Å². The summed E-state index contributed by atoms with van der Waals surface area (Å²) in [4.78, 5) is 22.8. The first-order chi connectivity index (χ1) is 8.87. The Balaban J connectivity index is 2.15. The number of hydrogen-bond acceptors (Lipinski definition) is 5. The summed E-state index contributed by atoms with van der Waals surface area (Å²) in [5.41, 5.74) is 5.46. The number of amides is 3. The van der Waals surface area contributed by atoms with Crippen LogP contribution in [0.5, 0.6) is 0 Å². The molecule has 0 atom stereocenters. The Bertz CT molecular complexity index is 412. The minimum Gasteiger partial charge on any atom is -0.467 e. The van der Waals surface area contributed by atoms with Crippen LogP contribution in [0.2, 0.25) is 0 Å². The summed E-state index contributed by atoms with van der Waals surface area (Å²) in [6.45, 7) is 4.01. The molecule has 0 saturated carbocycles. The van der Waals surface area contributed by atoms with Crippen molar-refractivity contribution in [2.24, 2.45) is 5.73 Å². The van der Waals surface area contributed by atoms with Crippen LogP contribution in [0.1, 0.15) is 19.6 Å². The van der Waals surface area contributed by atoms with E-state index in [4.69, 9.17) is 10.2 Å². The van der Waals surface area contributed by atoms with Gasteiger partial charge >= 0.3 is 6.03 Å². The van der Waals surface area contributed by atoms with E-state index in [0.717, 1.165) is 0 Å². The van der Waals surface area contributed by atoms with Gasteiger partial charge in [-0.1, -0.05) is 0 Å². The molecule has 0 radical (unpaired) electrons. The SMILES string of the molecule is CC(C)(N)CSCC(=O)NC(=O)NCc1ccco1. The molecule has 0 fully saturated rings. The highest BCUT2D eigenvalue weighted by atomic mass is 32.2. The number of nitrogens with one attached hydrogen (secondary N) is 2. The summed E-state index contributed by atoms with van der Waals surface area (Å²) < 4.78 is 5.05. The fourth-order valence-electron chi connectivity index (χ4n) is 1.19. The highest BCUT2D eigenvalue weighted by Crippen LogP contribution is 2.08. The van der Waals surface area contributed by atoms with Crippen LogP contribution in [0.4, 0.5) is 4.79 Å². The average Bonchev–Trinajstić information content (AvgIpc) is 2.77. The van der Waals surface area contributed by atoms with Crippen molar-refractivity contribution in [1.29, 1.82) is 0 Å². The minimum absolute atomic E-state index is 0.203. The van der Waals surface area contributed by atoms with Gasteiger partial charge in [0.25, 0.3) is 0 Å². The Labute approximate surface area is 116 Å². The van der Waals surface area contributed by atoms with E-state index < -0.39 is 6.03 Å². The van der Waals surface area contributed by atoms with Gasteiger partial charge in [-0.2, -0.15) is 11.8 Å². The maximum absolute atomic E-state index is 11.4. The van der Waals surface area contributed by atoms with Crippen LogP contribution in [0, 0.1) is 0 Å². The number of rotatable bonds is 6. The average molecular weight is 285 g/mol. The molecule has 106 valence electrons. The van der Waals surface area contributed by atoms with Crippen molar-refractivity contribution in [2.75, 3.05) is 11.5 Å². The molecule has 0 aliphatic carbocycles. The van der Waals surface area contributed by atoms with Crippen molar-refractivity contribution in [2.45, 2.75) is 25.9 Å². The number of imide groups is 1. The van der Waals surface area contributed by atoms with Crippen LogP contribution in [0.15, 0.2) is 22.8 Å². The normalized spacial score (nSPS) is 11.1. The fourth-order valence-corrected chi connectivity index (χ4v) is 2.08. The Hall–Kier alpha value is -1.47. The molecule has 0 spiro atoms. The minimum atomic E-state index is -0.533. The lowest BCUT2D eigenvalue weighted by Crippen LogP contribution is -2.40. The van der Waals surface area contributed by atoms with Gasteiger partial charge in [0.05, 0.1) is 18.6 Å². The number of hydrogen-bond donors (Lipinski definition) is 3. The Morgan fingerprint density at radius 2 is 2.21 bits per heavy atom. The molecule has 19 heavy (non-hydrogen) atoms. The second-order valence-corrected chi connectivity index (χ2v) is 5.78. The largest absolute Gasteiger partial charge is 0.467 e. The monoisotopic (exact) mass is 285 g/mol. The summed E-state index contributed by atoms with van der Waals surface area (Å²) in [7, 11) is 0. The second-order valence-electron chi connectivity index (χ2n) is 4.79. The van der Waals surface area contributed by atoms with Crippen molar-refractivity contribution >= 4 is 23.7 Å². The number of carbonyl (C=O) groups excluding carboxylic acids is 2. The van der Waals surface area contributed by atoms with E-state index in [2.05, 4.69) is 10.6 Å². The van der Waals surface area contributed by atoms with Crippen molar-refractivity contribution < 1.29 is 14.0 Å². The van der Waals surface area contributed by atoms with Crippen LogP contribution in [-0.2, 0) is 11.3 Å². The van der Waals surface area contributed by atoms with Crippen LogP contribution < -0.4 is 16.4 Å². The Morgan fingerprint density at radius 3 is 2.79 bits per heavy atom. The van der Waals surface area contributed by atoms with E-state index in [9.17, 15) is 9.59 Å². The lowest BCUT2D eigenvalue weighted by Gasteiger charge is -2.17. The van der Waals surface area contributed by atoms with E-state index in [-0.39, 0.29) is 23.7 Å². The highest BCUT2D eigenvalue weighted by molar-refractivity contribution is 8.00. The summed E-state index contributed by atoms with van der Waals surface area (Å²) in [5, 5.41) is 4.76. The smallest absolute Gasteiger partial charge is 0.321 e. The molecule has 6 nitrogen and oxygen atoms in total. The molecule has 1 rings (SSSR count). The van der Waals surface area contributed by atoms with Crippen molar-refractivity contribution in [3.63, 3.8) is 0 Å². The third-order valence-corrected chi connectivity index (χ3v) is 3.38. The number of thioether (sulfide) groups is 1. The predicted molar refractivity (Wildman–Crippen MR) is 74.7 cm³/mol. The maximum Gasteiger partial charge on any atom is 0.321 e. The maximum atomic E-state index is 11.4.